The second-order valence-electron chi connectivity index (χ2n) is 9.65. The summed E-state index contributed by atoms with van der Waals surface area (Å²) in [6, 6.07) is 2.79. The van der Waals surface area contributed by atoms with Crippen molar-refractivity contribution in [2.75, 3.05) is 37.9 Å². The van der Waals surface area contributed by atoms with E-state index in [0.29, 0.717) is 0 Å². The Hall–Kier alpha value is -2.35. The number of hydrogen-bond acceptors (Lipinski definition) is 15. The first-order valence-electron chi connectivity index (χ1n) is 11.7. The average Bonchev–Trinajstić information content (AvgIpc) is 3.57. The monoisotopic (exact) mass is 588 g/mol. The number of aliphatic hydroxyl groups is 2. The second-order valence-corrected chi connectivity index (χ2v) is 12.4. The Morgan fingerprint density at radius 3 is 2.15 bits per heavy atom. The summed E-state index contributed by atoms with van der Waals surface area (Å²) in [5, 5.41) is 21.0. The zero-order chi connectivity index (χ0) is 27.7. The summed E-state index contributed by atoms with van der Waals surface area (Å²) in [5.74, 6) is 0.0316. The van der Waals surface area contributed by atoms with E-state index in [4.69, 9.17) is 51.3 Å². The van der Waals surface area contributed by atoms with Crippen molar-refractivity contribution in [1.82, 2.24) is 19.1 Å². The Bertz CT molecular complexity index is 1460. The third-order valence-corrected chi connectivity index (χ3v) is 8.74. The number of ether oxygens (including phenoxy) is 4. The molecule has 17 nitrogen and oxygen atoms in total. The molecule has 212 valence electrons. The minimum atomic E-state index is -4.10. The van der Waals surface area contributed by atoms with Crippen LogP contribution in [-0.4, -0.2) is 96.3 Å². The van der Waals surface area contributed by atoms with Gasteiger partial charge in [0, 0.05) is 12.4 Å². The highest BCUT2D eigenvalue weighted by atomic mass is 32.5. The zero-order valence-electron chi connectivity index (χ0n) is 20.0. The number of aliphatic hydroxyl groups excluding tert-OH is 2. The number of anilines is 2. The number of aromatic nitrogens is 4. The van der Waals surface area contributed by atoms with Gasteiger partial charge in [0.2, 0.25) is 0 Å². The quantitative estimate of drug-likeness (QED) is 0.193. The van der Waals surface area contributed by atoms with Crippen LogP contribution in [0.4, 0.5) is 11.6 Å². The van der Waals surface area contributed by atoms with Crippen molar-refractivity contribution in [2.24, 2.45) is 0 Å². The summed E-state index contributed by atoms with van der Waals surface area (Å²) >= 11 is 5.23. The second kappa shape index (κ2) is 9.35. The molecule has 0 spiro atoms. The van der Waals surface area contributed by atoms with Crippen LogP contribution in [0.2, 0.25) is 0 Å². The van der Waals surface area contributed by atoms with E-state index in [1.807, 2.05) is 0 Å². The van der Waals surface area contributed by atoms with E-state index in [1.165, 1.54) is 24.5 Å². The lowest BCUT2D eigenvalue weighted by molar-refractivity contribution is -0.188. The molecular weight excluding hydrogens is 563 g/mol. The van der Waals surface area contributed by atoms with Crippen LogP contribution in [0.5, 0.6) is 0 Å². The molecule has 6 rings (SSSR count). The molecule has 2 aromatic rings. The molecule has 7 N–H and O–H groups in total. The summed E-state index contributed by atoms with van der Waals surface area (Å²) in [7, 11) is 0. The summed E-state index contributed by atoms with van der Waals surface area (Å²) in [6.07, 6.45) is -3.61. The van der Waals surface area contributed by atoms with Crippen molar-refractivity contribution >= 4 is 30.2 Å². The highest BCUT2D eigenvalue weighted by Gasteiger charge is 2.65. The Balaban J connectivity index is 1.18. The topological polar surface area (TPSA) is 238 Å². The van der Waals surface area contributed by atoms with E-state index >= 15 is 0 Å². The van der Waals surface area contributed by atoms with Crippen molar-refractivity contribution in [3.8, 4) is 0 Å². The van der Waals surface area contributed by atoms with Crippen molar-refractivity contribution in [1.29, 1.82) is 0 Å². The molecule has 0 saturated carbocycles. The van der Waals surface area contributed by atoms with E-state index in [2.05, 4.69) is 9.97 Å². The van der Waals surface area contributed by atoms with Crippen LogP contribution in [-0.2, 0) is 39.8 Å². The minimum absolute atomic E-state index is 0.0119. The van der Waals surface area contributed by atoms with Crippen molar-refractivity contribution in [3.63, 3.8) is 0 Å². The van der Waals surface area contributed by atoms with Crippen LogP contribution in [0.25, 0.3) is 0 Å². The number of rotatable bonds is 8. The molecule has 4 aliphatic heterocycles. The zero-order valence-corrected chi connectivity index (χ0v) is 21.7. The van der Waals surface area contributed by atoms with Crippen LogP contribution >= 0.6 is 6.72 Å². The molecule has 4 saturated heterocycles. The molecule has 4 bridgehead atoms. The van der Waals surface area contributed by atoms with Gasteiger partial charge in [-0.1, -0.05) is 0 Å². The van der Waals surface area contributed by atoms with Gasteiger partial charge in [-0.05, 0) is 23.9 Å². The fraction of sp³-hybridized carbons (Fsp3) is 0.600. The third kappa shape index (κ3) is 4.32. The maximum absolute atomic E-state index is 12.4. The van der Waals surface area contributed by atoms with Crippen molar-refractivity contribution < 1.29 is 43.1 Å². The van der Waals surface area contributed by atoms with Gasteiger partial charge in [0.1, 0.15) is 47.3 Å². The first-order valence-corrected chi connectivity index (χ1v) is 14.3. The molecule has 19 heteroatoms. The molecule has 6 heterocycles. The Morgan fingerprint density at radius 2 is 1.56 bits per heavy atom. The van der Waals surface area contributed by atoms with Gasteiger partial charge < -0.3 is 50.0 Å². The first-order chi connectivity index (χ1) is 18.5. The van der Waals surface area contributed by atoms with Crippen LogP contribution in [0, 0.1) is 0 Å². The van der Waals surface area contributed by atoms with Gasteiger partial charge in [-0.3, -0.25) is 13.7 Å². The number of hydrogen-bond donors (Lipinski definition) is 5. The highest BCUT2D eigenvalue weighted by Crippen LogP contribution is 2.56. The standard InChI is InChI=1S/C20H25N6O11PS/c21-9-1-3-25(17(29)23-9)15-11-13(28)20(36-15,7-32-11)8-34-38(31,39)37-14-12-16(35-19(14,5-27)6-33-12)26-4-2-10(22)24-18(26)30/h1-4,11-16,27-28H,5-8H2,(H,31,39)(H2,21,23,29)(H2,22,24,30)/t11?,12?,13-,14-,15-,16-,19+,20-,38?/m1/s1. The smallest absolute Gasteiger partial charge is 0.351 e. The minimum Gasteiger partial charge on any atom is -0.393 e. The van der Waals surface area contributed by atoms with Crippen LogP contribution in [0.1, 0.15) is 12.5 Å². The SMILES string of the molecule is Nc1ccn([C@@H]2O[C@@]3(COP(O)(=S)O[C@@H]4C5OC[C@]4(CO)O[C@H]5n4ccc(N)nc4=O)COC2[C@H]3O)c(=O)n1. The normalized spacial score (nSPS) is 38.3. The van der Waals surface area contributed by atoms with E-state index in [1.54, 1.807) is 0 Å². The fourth-order valence-electron chi connectivity index (χ4n) is 5.23. The van der Waals surface area contributed by atoms with Crippen molar-refractivity contribution in [3.05, 3.63) is 45.5 Å². The lowest BCUT2D eigenvalue weighted by Crippen LogP contribution is -2.46. The maximum Gasteiger partial charge on any atom is 0.351 e. The maximum atomic E-state index is 12.4. The van der Waals surface area contributed by atoms with Gasteiger partial charge in [0.15, 0.2) is 12.5 Å². The Labute approximate surface area is 224 Å². The van der Waals surface area contributed by atoms with Crippen LogP contribution in [0.3, 0.4) is 0 Å². The summed E-state index contributed by atoms with van der Waals surface area (Å²) in [5.41, 5.74) is 6.75. The van der Waals surface area contributed by atoms with Gasteiger partial charge in [0.25, 0.3) is 0 Å². The van der Waals surface area contributed by atoms with Gasteiger partial charge in [-0.2, -0.15) is 9.97 Å². The van der Waals surface area contributed by atoms with E-state index in [-0.39, 0.29) is 24.8 Å². The van der Waals surface area contributed by atoms with Gasteiger partial charge in [-0.15, -0.1) is 0 Å². The van der Waals surface area contributed by atoms with Crippen molar-refractivity contribution in [2.45, 2.75) is 48.1 Å². The molecule has 3 unspecified atom stereocenters. The molecule has 0 radical (unpaired) electrons. The lowest BCUT2D eigenvalue weighted by atomic mass is 10.0. The molecule has 39 heavy (non-hydrogen) atoms. The number of fused-ring (bicyclic) bond motifs is 4. The van der Waals surface area contributed by atoms with E-state index in [0.717, 1.165) is 9.13 Å². The van der Waals surface area contributed by atoms with Gasteiger partial charge in [-0.25, -0.2) is 9.59 Å². The molecule has 4 fully saturated rings. The molecule has 0 amide bonds. The third-order valence-electron chi connectivity index (χ3n) is 7.22. The number of nitrogens with two attached hydrogens (primary N) is 2. The summed E-state index contributed by atoms with van der Waals surface area (Å²) in [4.78, 5) is 42.9. The molecule has 2 aromatic heterocycles. The summed E-state index contributed by atoms with van der Waals surface area (Å²) in [6.45, 7) is -5.35. The predicted octanol–water partition coefficient (Wildman–Crippen LogP) is -3.03. The van der Waals surface area contributed by atoms with Crippen LogP contribution in [0.15, 0.2) is 34.1 Å². The molecule has 9 atom stereocenters. The molecule has 0 aliphatic carbocycles. The van der Waals surface area contributed by atoms with Gasteiger partial charge in [0.05, 0.1) is 26.4 Å². The number of nitrogens with zero attached hydrogens (tertiary/aromatic N) is 4. The first kappa shape index (κ1) is 26.9. The largest absolute Gasteiger partial charge is 0.393 e. The predicted molar refractivity (Wildman–Crippen MR) is 131 cm³/mol. The molecular formula is C20H25N6O11PS. The highest BCUT2D eigenvalue weighted by molar-refractivity contribution is 8.07. The number of nitrogen functional groups attached to an aromatic ring is 2. The lowest BCUT2D eigenvalue weighted by Gasteiger charge is -2.33. The summed E-state index contributed by atoms with van der Waals surface area (Å²) < 4.78 is 36.9. The van der Waals surface area contributed by atoms with Crippen LogP contribution < -0.4 is 22.8 Å². The average molecular weight is 588 g/mol. The van der Waals surface area contributed by atoms with Gasteiger partial charge >= 0.3 is 18.1 Å². The fourth-order valence-corrected chi connectivity index (χ4v) is 6.71. The van der Waals surface area contributed by atoms with E-state index < -0.39 is 79.4 Å². The molecule has 0 aromatic carbocycles. The Morgan fingerprint density at radius 1 is 1.03 bits per heavy atom. The Kier molecular flexibility index (Phi) is 6.44. The van der Waals surface area contributed by atoms with E-state index in [9.17, 15) is 24.7 Å². The molecule has 4 aliphatic rings.